The van der Waals surface area contributed by atoms with Gasteiger partial charge in [0.1, 0.15) is 0 Å². The van der Waals surface area contributed by atoms with Crippen LogP contribution < -0.4 is 5.32 Å². The van der Waals surface area contributed by atoms with Crippen LogP contribution in [0.15, 0.2) is 0 Å². The molecule has 1 saturated heterocycles. The van der Waals surface area contributed by atoms with E-state index in [4.69, 9.17) is 0 Å². The van der Waals surface area contributed by atoms with Gasteiger partial charge in [-0.2, -0.15) is 0 Å². The van der Waals surface area contributed by atoms with Crippen molar-refractivity contribution in [1.29, 1.82) is 0 Å². The fraction of sp³-hybridized carbons (Fsp3) is 1.00. The van der Waals surface area contributed by atoms with E-state index in [-0.39, 0.29) is 0 Å². The number of nitrogens with one attached hydrogen (secondary N) is 1. The first-order valence-electron chi connectivity index (χ1n) is 6.26. The van der Waals surface area contributed by atoms with Crippen LogP contribution >= 0.6 is 0 Å². The Morgan fingerprint density at radius 1 is 1.29 bits per heavy atom. The van der Waals surface area contributed by atoms with Crippen molar-refractivity contribution in [3.8, 4) is 0 Å². The highest BCUT2D eigenvalue weighted by Gasteiger charge is 2.12. The summed E-state index contributed by atoms with van der Waals surface area (Å²) in [6, 6.07) is 0. The van der Waals surface area contributed by atoms with Gasteiger partial charge in [0, 0.05) is 19.6 Å². The highest BCUT2D eigenvalue weighted by molar-refractivity contribution is 4.70. The topological polar surface area (TPSA) is 15.3 Å². The molecule has 1 N–H and O–H groups in total. The number of unbranched alkanes of at least 4 members (excludes halogenated alkanes) is 3. The third-order valence-corrected chi connectivity index (χ3v) is 3.00. The number of rotatable bonds is 5. The molecule has 1 rings (SSSR count). The Morgan fingerprint density at radius 2 is 2.14 bits per heavy atom. The normalized spacial score (nSPS) is 24.9. The van der Waals surface area contributed by atoms with Crippen LogP contribution in [-0.4, -0.2) is 37.6 Å². The lowest BCUT2D eigenvalue weighted by Crippen LogP contribution is -2.30. The van der Waals surface area contributed by atoms with E-state index in [0.29, 0.717) is 0 Å². The molecule has 1 aliphatic heterocycles. The first kappa shape index (κ1) is 12.0. The molecule has 84 valence electrons. The quantitative estimate of drug-likeness (QED) is 0.681. The Bertz CT molecular complexity index is 136. The van der Waals surface area contributed by atoms with E-state index in [9.17, 15) is 0 Å². The fourth-order valence-electron chi connectivity index (χ4n) is 2.15. The highest BCUT2D eigenvalue weighted by atomic mass is 15.2. The SMILES string of the molecule is CCCCCCN1CCNCC(C)C1. The molecule has 0 aliphatic carbocycles. The number of hydrogen-bond acceptors (Lipinski definition) is 2. The Labute approximate surface area is 89.1 Å². The van der Waals surface area contributed by atoms with Gasteiger partial charge in [-0.3, -0.25) is 0 Å². The van der Waals surface area contributed by atoms with Gasteiger partial charge in [0.05, 0.1) is 0 Å². The fourth-order valence-corrected chi connectivity index (χ4v) is 2.15. The van der Waals surface area contributed by atoms with Gasteiger partial charge in [-0.15, -0.1) is 0 Å². The molecule has 0 aromatic carbocycles. The van der Waals surface area contributed by atoms with E-state index >= 15 is 0 Å². The molecule has 1 heterocycles. The van der Waals surface area contributed by atoms with E-state index in [0.717, 1.165) is 5.92 Å². The average Bonchev–Trinajstić information content (AvgIpc) is 2.38. The number of nitrogens with zero attached hydrogens (tertiary/aromatic N) is 1. The van der Waals surface area contributed by atoms with Crippen molar-refractivity contribution >= 4 is 0 Å². The van der Waals surface area contributed by atoms with Crippen LogP contribution in [0.4, 0.5) is 0 Å². The number of hydrogen-bond donors (Lipinski definition) is 1. The molecule has 1 unspecified atom stereocenters. The van der Waals surface area contributed by atoms with Gasteiger partial charge in [-0.25, -0.2) is 0 Å². The zero-order valence-corrected chi connectivity index (χ0v) is 9.89. The zero-order chi connectivity index (χ0) is 10.2. The summed E-state index contributed by atoms with van der Waals surface area (Å²) in [6.07, 6.45) is 5.55. The third kappa shape index (κ3) is 4.97. The molecule has 0 saturated carbocycles. The van der Waals surface area contributed by atoms with Crippen LogP contribution in [0.3, 0.4) is 0 Å². The molecule has 2 nitrogen and oxygen atoms in total. The summed E-state index contributed by atoms with van der Waals surface area (Å²) in [5, 5.41) is 3.49. The van der Waals surface area contributed by atoms with E-state index < -0.39 is 0 Å². The van der Waals surface area contributed by atoms with E-state index in [1.807, 2.05) is 0 Å². The van der Waals surface area contributed by atoms with Crippen LogP contribution in [0.25, 0.3) is 0 Å². The van der Waals surface area contributed by atoms with Gasteiger partial charge in [0.2, 0.25) is 0 Å². The molecule has 0 bridgehead atoms. The second-order valence-electron chi connectivity index (χ2n) is 4.67. The van der Waals surface area contributed by atoms with Crippen LogP contribution in [-0.2, 0) is 0 Å². The van der Waals surface area contributed by atoms with Crippen LogP contribution in [0.2, 0.25) is 0 Å². The molecule has 14 heavy (non-hydrogen) atoms. The molecule has 0 spiro atoms. The van der Waals surface area contributed by atoms with E-state index in [1.54, 1.807) is 0 Å². The lowest BCUT2D eigenvalue weighted by molar-refractivity contribution is 0.259. The van der Waals surface area contributed by atoms with Gasteiger partial charge >= 0.3 is 0 Å². The molecule has 0 aromatic rings. The second kappa shape index (κ2) is 7.24. The van der Waals surface area contributed by atoms with Gasteiger partial charge in [0.25, 0.3) is 0 Å². The van der Waals surface area contributed by atoms with Crippen LogP contribution in [0.5, 0.6) is 0 Å². The van der Waals surface area contributed by atoms with Crippen LogP contribution in [0, 0.1) is 5.92 Å². The molecule has 1 fully saturated rings. The summed E-state index contributed by atoms with van der Waals surface area (Å²) >= 11 is 0. The predicted molar refractivity (Wildman–Crippen MR) is 62.6 cm³/mol. The van der Waals surface area contributed by atoms with Crippen molar-refractivity contribution in [3.05, 3.63) is 0 Å². The molecular weight excluding hydrogens is 172 g/mol. The van der Waals surface area contributed by atoms with Gasteiger partial charge < -0.3 is 10.2 Å². The maximum Gasteiger partial charge on any atom is 0.0107 e. The summed E-state index contributed by atoms with van der Waals surface area (Å²) in [7, 11) is 0. The van der Waals surface area contributed by atoms with Crippen molar-refractivity contribution in [2.24, 2.45) is 5.92 Å². The van der Waals surface area contributed by atoms with Gasteiger partial charge in [-0.05, 0) is 25.4 Å². The molecule has 0 radical (unpaired) electrons. The summed E-state index contributed by atoms with van der Waals surface area (Å²) in [6.45, 7) is 10.8. The molecule has 1 atom stereocenters. The smallest absolute Gasteiger partial charge is 0.0107 e. The van der Waals surface area contributed by atoms with E-state index in [2.05, 4.69) is 24.1 Å². The van der Waals surface area contributed by atoms with Gasteiger partial charge in [0.15, 0.2) is 0 Å². The predicted octanol–water partition coefficient (Wildman–Crippen LogP) is 2.11. The minimum Gasteiger partial charge on any atom is -0.315 e. The minimum absolute atomic E-state index is 0.823. The highest BCUT2D eigenvalue weighted by Crippen LogP contribution is 2.06. The second-order valence-corrected chi connectivity index (χ2v) is 4.67. The Balaban J connectivity index is 2.09. The minimum atomic E-state index is 0.823. The standard InChI is InChI=1S/C12H26N2/c1-3-4-5-6-8-14-9-7-13-10-12(2)11-14/h12-13H,3-11H2,1-2H3. The lowest BCUT2D eigenvalue weighted by Gasteiger charge is -2.21. The van der Waals surface area contributed by atoms with Crippen molar-refractivity contribution in [3.63, 3.8) is 0 Å². The lowest BCUT2D eigenvalue weighted by atomic mass is 10.1. The summed E-state index contributed by atoms with van der Waals surface area (Å²) < 4.78 is 0. The van der Waals surface area contributed by atoms with Crippen molar-refractivity contribution in [1.82, 2.24) is 10.2 Å². The first-order valence-corrected chi connectivity index (χ1v) is 6.26. The van der Waals surface area contributed by atoms with Crippen LogP contribution in [0.1, 0.15) is 39.5 Å². The summed E-state index contributed by atoms with van der Waals surface area (Å²) in [4.78, 5) is 2.63. The molecule has 0 aromatic heterocycles. The average molecular weight is 198 g/mol. The summed E-state index contributed by atoms with van der Waals surface area (Å²) in [5.41, 5.74) is 0. The van der Waals surface area contributed by atoms with Crippen molar-refractivity contribution in [2.45, 2.75) is 39.5 Å². The Kier molecular flexibility index (Phi) is 6.20. The largest absolute Gasteiger partial charge is 0.315 e. The van der Waals surface area contributed by atoms with E-state index in [1.165, 1.54) is 58.4 Å². The maximum atomic E-state index is 3.49. The van der Waals surface area contributed by atoms with Crippen molar-refractivity contribution < 1.29 is 0 Å². The zero-order valence-electron chi connectivity index (χ0n) is 9.89. The van der Waals surface area contributed by atoms with Gasteiger partial charge in [-0.1, -0.05) is 33.1 Å². The molecular formula is C12H26N2. The maximum absolute atomic E-state index is 3.49. The van der Waals surface area contributed by atoms with Crippen molar-refractivity contribution in [2.75, 3.05) is 32.7 Å². The molecule has 2 heteroatoms. The third-order valence-electron chi connectivity index (χ3n) is 3.00. The summed E-state index contributed by atoms with van der Waals surface area (Å²) in [5.74, 6) is 0.823. The molecule has 1 aliphatic rings. The molecule has 0 amide bonds. The monoisotopic (exact) mass is 198 g/mol. The Morgan fingerprint density at radius 3 is 2.93 bits per heavy atom. The Hall–Kier alpha value is -0.0800. The first-order chi connectivity index (χ1) is 6.83.